The summed E-state index contributed by atoms with van der Waals surface area (Å²) in [6.07, 6.45) is 0.00953. The van der Waals surface area contributed by atoms with Crippen molar-refractivity contribution < 1.29 is 18.7 Å². The number of rotatable bonds is 6. The number of oxime groups is 1. The van der Waals surface area contributed by atoms with Gasteiger partial charge in [0.05, 0.1) is 12.1 Å². The van der Waals surface area contributed by atoms with Crippen LogP contribution in [0.3, 0.4) is 0 Å². The average molecular weight is 332 g/mol. The summed E-state index contributed by atoms with van der Waals surface area (Å²) in [6, 6.07) is 14.1. The minimum atomic E-state index is -1.85. The fourth-order valence-corrected chi connectivity index (χ4v) is 2.54. The largest absolute Gasteiger partial charge is 0.357 e. The summed E-state index contributed by atoms with van der Waals surface area (Å²) in [5.74, 6) is -2.09. The van der Waals surface area contributed by atoms with E-state index in [1.807, 2.05) is 24.3 Å². The lowest BCUT2D eigenvalue weighted by Gasteiger charge is -2.14. The smallest absolute Gasteiger partial charge is 0.268 e. The molecular weight excluding hydrogens is 314 g/mol. The van der Waals surface area contributed by atoms with E-state index in [2.05, 4.69) is 10.5 Å². The first-order valence-corrected chi connectivity index (χ1v) is 7.66. The highest BCUT2D eigenvalue weighted by molar-refractivity contribution is 6.01. The van der Waals surface area contributed by atoms with Crippen LogP contribution in [0.25, 0.3) is 0 Å². The standard InChI is InChI=1S/C18H18F2N2O2/c19-12-18(23)9-17(22-24-18)14-6-3-4-13(8-14)10-21-11-15-5-1-2-7-16(15)20/h1-8,21,23H,9-12H2. The van der Waals surface area contributed by atoms with Gasteiger partial charge >= 0.3 is 0 Å². The van der Waals surface area contributed by atoms with Crippen molar-refractivity contribution in [3.8, 4) is 0 Å². The van der Waals surface area contributed by atoms with Crippen LogP contribution in [-0.4, -0.2) is 23.3 Å². The lowest BCUT2D eigenvalue weighted by molar-refractivity contribution is -0.193. The van der Waals surface area contributed by atoms with E-state index in [-0.39, 0.29) is 12.2 Å². The van der Waals surface area contributed by atoms with E-state index >= 15 is 0 Å². The first-order chi connectivity index (χ1) is 11.6. The monoisotopic (exact) mass is 332 g/mol. The Balaban J connectivity index is 1.61. The molecule has 1 unspecified atom stereocenters. The third-order valence-electron chi connectivity index (χ3n) is 3.84. The van der Waals surface area contributed by atoms with E-state index < -0.39 is 12.5 Å². The van der Waals surface area contributed by atoms with Crippen molar-refractivity contribution in [2.75, 3.05) is 6.67 Å². The summed E-state index contributed by atoms with van der Waals surface area (Å²) in [4.78, 5) is 4.76. The third kappa shape index (κ3) is 3.77. The van der Waals surface area contributed by atoms with Crippen molar-refractivity contribution in [1.82, 2.24) is 5.32 Å². The SMILES string of the molecule is OC1(CF)CC(c2cccc(CNCc3ccccc3F)c2)=NO1. The van der Waals surface area contributed by atoms with Gasteiger partial charge in [-0.2, -0.15) is 0 Å². The average Bonchev–Trinajstić information content (AvgIpc) is 3.00. The highest BCUT2D eigenvalue weighted by Crippen LogP contribution is 2.25. The second-order valence-electron chi connectivity index (χ2n) is 5.78. The molecule has 0 fully saturated rings. The molecule has 0 amide bonds. The fourth-order valence-electron chi connectivity index (χ4n) is 2.54. The molecule has 6 heteroatoms. The number of hydrogen-bond acceptors (Lipinski definition) is 4. The van der Waals surface area contributed by atoms with Gasteiger partial charge in [0, 0.05) is 18.7 Å². The van der Waals surface area contributed by atoms with Gasteiger partial charge in [-0.25, -0.2) is 8.78 Å². The zero-order valence-electron chi connectivity index (χ0n) is 13.0. The molecule has 0 radical (unpaired) electrons. The summed E-state index contributed by atoms with van der Waals surface area (Å²) in [6.45, 7) is -0.0455. The molecule has 1 aliphatic heterocycles. The van der Waals surface area contributed by atoms with Gasteiger partial charge in [0.2, 0.25) is 0 Å². The number of nitrogens with one attached hydrogen (secondary N) is 1. The van der Waals surface area contributed by atoms with Crippen molar-refractivity contribution in [3.63, 3.8) is 0 Å². The van der Waals surface area contributed by atoms with Gasteiger partial charge in [-0.15, -0.1) is 0 Å². The number of alkyl halides is 1. The maximum Gasteiger partial charge on any atom is 0.268 e. The van der Waals surface area contributed by atoms with Gasteiger partial charge < -0.3 is 15.3 Å². The summed E-state index contributed by atoms with van der Waals surface area (Å²) in [5, 5.41) is 16.7. The van der Waals surface area contributed by atoms with E-state index in [0.717, 1.165) is 11.1 Å². The zero-order valence-corrected chi connectivity index (χ0v) is 13.0. The molecule has 3 rings (SSSR count). The van der Waals surface area contributed by atoms with Crippen LogP contribution in [0.4, 0.5) is 8.78 Å². The first kappa shape index (κ1) is 16.5. The highest BCUT2D eigenvalue weighted by Gasteiger charge is 2.37. The minimum Gasteiger partial charge on any atom is -0.357 e. The van der Waals surface area contributed by atoms with Crippen LogP contribution in [0.15, 0.2) is 53.7 Å². The molecule has 0 bridgehead atoms. The van der Waals surface area contributed by atoms with E-state index in [4.69, 9.17) is 4.84 Å². The van der Waals surface area contributed by atoms with Gasteiger partial charge in [-0.1, -0.05) is 41.6 Å². The fraction of sp³-hybridized carbons (Fsp3) is 0.278. The molecule has 24 heavy (non-hydrogen) atoms. The van der Waals surface area contributed by atoms with Gasteiger partial charge in [0.15, 0.2) is 6.67 Å². The lowest BCUT2D eigenvalue weighted by atomic mass is 10.0. The topological polar surface area (TPSA) is 53.8 Å². The first-order valence-electron chi connectivity index (χ1n) is 7.66. The number of benzene rings is 2. The van der Waals surface area contributed by atoms with E-state index in [0.29, 0.717) is 24.4 Å². The second kappa shape index (κ2) is 7.07. The van der Waals surface area contributed by atoms with Gasteiger partial charge in [0.25, 0.3) is 5.79 Å². The van der Waals surface area contributed by atoms with E-state index in [9.17, 15) is 13.9 Å². The normalized spacial score (nSPS) is 19.9. The predicted molar refractivity (Wildman–Crippen MR) is 86.5 cm³/mol. The lowest BCUT2D eigenvalue weighted by Crippen LogP contribution is -2.31. The van der Waals surface area contributed by atoms with E-state index in [1.54, 1.807) is 18.2 Å². The maximum absolute atomic E-state index is 13.6. The molecule has 0 saturated heterocycles. The van der Waals surface area contributed by atoms with Gasteiger partial charge in [0.1, 0.15) is 5.82 Å². The van der Waals surface area contributed by atoms with Crippen molar-refractivity contribution >= 4 is 5.71 Å². The Kier molecular flexibility index (Phi) is 4.87. The van der Waals surface area contributed by atoms with Crippen molar-refractivity contribution in [2.45, 2.75) is 25.3 Å². The molecule has 0 saturated carbocycles. The zero-order chi connectivity index (χ0) is 17.0. The number of halogens is 2. The van der Waals surface area contributed by atoms with Crippen LogP contribution in [0.1, 0.15) is 23.1 Å². The predicted octanol–water partition coefficient (Wildman–Crippen LogP) is 2.90. The Bertz CT molecular complexity index is 751. The summed E-state index contributed by atoms with van der Waals surface area (Å²) >= 11 is 0. The van der Waals surface area contributed by atoms with Gasteiger partial charge in [-0.3, -0.25) is 0 Å². The molecule has 2 aromatic carbocycles. The Morgan fingerprint density at radius 3 is 2.75 bits per heavy atom. The molecule has 126 valence electrons. The number of aliphatic hydroxyl groups is 1. The van der Waals surface area contributed by atoms with Crippen LogP contribution < -0.4 is 5.32 Å². The number of nitrogens with zero attached hydrogens (tertiary/aromatic N) is 1. The second-order valence-corrected chi connectivity index (χ2v) is 5.78. The molecule has 0 spiro atoms. The Morgan fingerprint density at radius 2 is 2.00 bits per heavy atom. The van der Waals surface area contributed by atoms with Crippen LogP contribution in [-0.2, 0) is 17.9 Å². The van der Waals surface area contributed by atoms with Crippen LogP contribution in [0.5, 0.6) is 0 Å². The van der Waals surface area contributed by atoms with Crippen LogP contribution in [0.2, 0.25) is 0 Å². The maximum atomic E-state index is 13.6. The molecule has 0 aliphatic carbocycles. The van der Waals surface area contributed by atoms with Gasteiger partial charge in [-0.05, 0) is 23.3 Å². The summed E-state index contributed by atoms with van der Waals surface area (Å²) < 4.78 is 26.3. The van der Waals surface area contributed by atoms with Crippen molar-refractivity contribution in [2.24, 2.45) is 5.16 Å². The van der Waals surface area contributed by atoms with Crippen LogP contribution >= 0.6 is 0 Å². The van der Waals surface area contributed by atoms with Crippen molar-refractivity contribution in [3.05, 3.63) is 71.0 Å². The van der Waals surface area contributed by atoms with E-state index in [1.165, 1.54) is 6.07 Å². The Hall–Kier alpha value is -2.31. The Labute approximate surface area is 138 Å². The molecule has 1 aliphatic rings. The molecule has 2 aromatic rings. The number of hydrogen-bond donors (Lipinski definition) is 2. The molecule has 4 nitrogen and oxygen atoms in total. The summed E-state index contributed by atoms with van der Waals surface area (Å²) in [7, 11) is 0. The molecule has 2 N–H and O–H groups in total. The van der Waals surface area contributed by atoms with Crippen LogP contribution in [0, 0.1) is 5.82 Å². The van der Waals surface area contributed by atoms with Crippen molar-refractivity contribution in [1.29, 1.82) is 0 Å². The highest BCUT2D eigenvalue weighted by atomic mass is 19.1. The molecule has 1 heterocycles. The quantitative estimate of drug-likeness (QED) is 0.855. The molecule has 0 aromatic heterocycles. The minimum absolute atomic E-state index is 0.00953. The Morgan fingerprint density at radius 1 is 1.17 bits per heavy atom. The summed E-state index contributed by atoms with van der Waals surface area (Å²) in [5.41, 5.74) is 2.85. The third-order valence-corrected chi connectivity index (χ3v) is 3.84. The molecular formula is C18H18F2N2O2. The molecule has 1 atom stereocenters.